The number of rotatable bonds is 4. The predicted molar refractivity (Wildman–Crippen MR) is 102 cm³/mol. The Bertz CT molecular complexity index is 844. The molecule has 150 valence electrons. The number of aliphatic hydroxyl groups is 1. The smallest absolute Gasteiger partial charge is 0.259 e. The van der Waals surface area contributed by atoms with Gasteiger partial charge in [0.25, 0.3) is 5.91 Å². The number of aromatic nitrogens is 1. The third-order valence-corrected chi connectivity index (χ3v) is 4.90. The highest BCUT2D eigenvalue weighted by Crippen LogP contribution is 2.31. The lowest BCUT2D eigenvalue weighted by Crippen LogP contribution is -2.37. The Kier molecular flexibility index (Phi) is 5.99. The molecule has 3 rings (SSSR count). The molecular formula is C20H25N3O5. The second-order valence-corrected chi connectivity index (χ2v) is 6.83. The molecule has 2 heterocycles. The number of benzene rings is 1. The second kappa shape index (κ2) is 8.43. The monoisotopic (exact) mass is 387 g/mol. The van der Waals surface area contributed by atoms with E-state index in [1.54, 1.807) is 41.2 Å². The zero-order valence-electron chi connectivity index (χ0n) is 16.3. The van der Waals surface area contributed by atoms with Crippen LogP contribution in [0.3, 0.4) is 0 Å². The van der Waals surface area contributed by atoms with Crippen molar-refractivity contribution in [3.8, 4) is 17.0 Å². The Morgan fingerprint density at radius 2 is 1.79 bits per heavy atom. The van der Waals surface area contributed by atoms with Crippen LogP contribution >= 0.6 is 0 Å². The van der Waals surface area contributed by atoms with Gasteiger partial charge in [-0.1, -0.05) is 5.16 Å². The van der Waals surface area contributed by atoms with E-state index in [0.717, 1.165) is 0 Å². The summed E-state index contributed by atoms with van der Waals surface area (Å²) in [4.78, 5) is 28.4. The molecule has 1 fully saturated rings. The van der Waals surface area contributed by atoms with Crippen LogP contribution in [0.2, 0.25) is 0 Å². The zero-order valence-corrected chi connectivity index (χ0v) is 16.3. The van der Waals surface area contributed by atoms with Gasteiger partial charge in [0.15, 0.2) is 5.76 Å². The molecule has 0 aliphatic carbocycles. The van der Waals surface area contributed by atoms with Gasteiger partial charge < -0.3 is 24.2 Å². The summed E-state index contributed by atoms with van der Waals surface area (Å²) in [6.45, 7) is 5.12. The van der Waals surface area contributed by atoms with Crippen LogP contribution in [0, 0.1) is 0 Å². The zero-order chi connectivity index (χ0) is 20.3. The Labute approximate surface area is 163 Å². The SMILES string of the molecule is COc1ccc(-c2noc(C(C)O)c2C(=O)N2CCCN(C(C)=O)CC2)cc1. The highest BCUT2D eigenvalue weighted by atomic mass is 16.5. The van der Waals surface area contributed by atoms with Gasteiger partial charge in [-0.25, -0.2) is 0 Å². The average Bonchev–Trinajstić information content (AvgIpc) is 2.98. The van der Waals surface area contributed by atoms with E-state index in [0.29, 0.717) is 49.6 Å². The van der Waals surface area contributed by atoms with Gasteiger partial charge in [-0.3, -0.25) is 9.59 Å². The summed E-state index contributed by atoms with van der Waals surface area (Å²) in [5.74, 6) is 0.576. The van der Waals surface area contributed by atoms with Crippen LogP contribution in [-0.2, 0) is 4.79 Å². The van der Waals surface area contributed by atoms with E-state index in [9.17, 15) is 14.7 Å². The minimum Gasteiger partial charge on any atom is -0.497 e. The van der Waals surface area contributed by atoms with Crippen LogP contribution in [-0.4, -0.2) is 65.2 Å². The standard InChI is InChI=1S/C20H25N3O5/c1-13(24)19-17(18(21-28-19)15-5-7-16(27-3)8-6-15)20(26)23-10-4-9-22(11-12-23)14(2)25/h5-8,13,24H,4,9-12H2,1-3H3. The normalized spacial score (nSPS) is 15.9. The van der Waals surface area contributed by atoms with Crippen LogP contribution in [0.1, 0.15) is 42.5 Å². The van der Waals surface area contributed by atoms with Crippen molar-refractivity contribution in [2.45, 2.75) is 26.4 Å². The maximum atomic E-state index is 13.3. The van der Waals surface area contributed by atoms with Gasteiger partial charge >= 0.3 is 0 Å². The maximum Gasteiger partial charge on any atom is 0.259 e. The Hall–Kier alpha value is -2.87. The molecular weight excluding hydrogens is 362 g/mol. The van der Waals surface area contributed by atoms with Crippen molar-refractivity contribution in [2.24, 2.45) is 0 Å². The van der Waals surface area contributed by atoms with E-state index in [-0.39, 0.29) is 23.1 Å². The van der Waals surface area contributed by atoms with Crippen molar-refractivity contribution in [1.29, 1.82) is 0 Å². The fourth-order valence-corrected chi connectivity index (χ4v) is 3.33. The predicted octanol–water partition coefficient (Wildman–Crippen LogP) is 2.10. The van der Waals surface area contributed by atoms with Crippen molar-refractivity contribution in [3.63, 3.8) is 0 Å². The first-order chi connectivity index (χ1) is 13.4. The molecule has 1 N–H and O–H groups in total. The van der Waals surface area contributed by atoms with Gasteiger partial charge in [0.1, 0.15) is 23.1 Å². The van der Waals surface area contributed by atoms with Crippen molar-refractivity contribution in [3.05, 3.63) is 35.6 Å². The summed E-state index contributed by atoms with van der Waals surface area (Å²) in [7, 11) is 1.58. The van der Waals surface area contributed by atoms with Crippen molar-refractivity contribution < 1.29 is 24.0 Å². The minimum atomic E-state index is -0.973. The molecule has 0 spiro atoms. The van der Waals surface area contributed by atoms with Crippen LogP contribution in [0.25, 0.3) is 11.3 Å². The van der Waals surface area contributed by atoms with E-state index >= 15 is 0 Å². The molecule has 28 heavy (non-hydrogen) atoms. The van der Waals surface area contributed by atoms with Gasteiger partial charge in [-0.15, -0.1) is 0 Å². The summed E-state index contributed by atoms with van der Waals surface area (Å²) < 4.78 is 10.5. The quantitative estimate of drug-likeness (QED) is 0.863. The molecule has 2 aromatic rings. The van der Waals surface area contributed by atoms with Crippen molar-refractivity contribution in [1.82, 2.24) is 15.0 Å². The molecule has 1 atom stereocenters. The van der Waals surface area contributed by atoms with E-state index in [4.69, 9.17) is 9.26 Å². The van der Waals surface area contributed by atoms with Gasteiger partial charge in [0.05, 0.1) is 7.11 Å². The second-order valence-electron chi connectivity index (χ2n) is 6.83. The van der Waals surface area contributed by atoms with Crippen molar-refractivity contribution in [2.75, 3.05) is 33.3 Å². The lowest BCUT2D eigenvalue weighted by Gasteiger charge is -2.22. The van der Waals surface area contributed by atoms with E-state index in [1.807, 2.05) is 0 Å². The minimum absolute atomic E-state index is 0.00266. The fourth-order valence-electron chi connectivity index (χ4n) is 3.33. The summed E-state index contributed by atoms with van der Waals surface area (Å²) in [6.07, 6.45) is -0.280. The Balaban J connectivity index is 1.93. The molecule has 0 bridgehead atoms. The summed E-state index contributed by atoms with van der Waals surface area (Å²) in [6, 6.07) is 7.13. The number of carbonyl (C=O) groups excluding carboxylic acids is 2. The van der Waals surface area contributed by atoms with Gasteiger partial charge in [0.2, 0.25) is 5.91 Å². The highest BCUT2D eigenvalue weighted by Gasteiger charge is 2.31. The molecule has 0 saturated carbocycles. The van der Waals surface area contributed by atoms with Gasteiger partial charge in [0, 0.05) is 38.7 Å². The largest absolute Gasteiger partial charge is 0.497 e. The third kappa shape index (κ3) is 4.01. The van der Waals surface area contributed by atoms with Crippen LogP contribution in [0.5, 0.6) is 5.75 Å². The molecule has 1 unspecified atom stereocenters. The first kappa shape index (κ1) is 19.9. The number of aliphatic hydroxyl groups excluding tert-OH is 1. The summed E-state index contributed by atoms with van der Waals surface area (Å²) in [5.41, 5.74) is 1.34. The fraction of sp³-hybridized carbons (Fsp3) is 0.450. The first-order valence-electron chi connectivity index (χ1n) is 9.29. The highest BCUT2D eigenvalue weighted by molar-refractivity contribution is 6.01. The van der Waals surface area contributed by atoms with E-state index in [2.05, 4.69) is 5.16 Å². The lowest BCUT2D eigenvalue weighted by molar-refractivity contribution is -0.128. The Morgan fingerprint density at radius 3 is 2.39 bits per heavy atom. The average molecular weight is 387 g/mol. The molecule has 1 aromatic carbocycles. The summed E-state index contributed by atoms with van der Waals surface area (Å²) in [5, 5.41) is 14.1. The number of amides is 2. The third-order valence-electron chi connectivity index (χ3n) is 4.90. The van der Waals surface area contributed by atoms with E-state index in [1.165, 1.54) is 13.8 Å². The number of carbonyl (C=O) groups is 2. The molecule has 1 aromatic heterocycles. The molecule has 0 radical (unpaired) electrons. The van der Waals surface area contributed by atoms with Crippen molar-refractivity contribution >= 4 is 11.8 Å². The molecule has 8 nitrogen and oxygen atoms in total. The molecule has 1 aliphatic heterocycles. The van der Waals surface area contributed by atoms with Crippen LogP contribution in [0.15, 0.2) is 28.8 Å². The van der Waals surface area contributed by atoms with Crippen LogP contribution < -0.4 is 4.74 Å². The number of nitrogens with zero attached hydrogens (tertiary/aromatic N) is 3. The maximum absolute atomic E-state index is 13.3. The molecule has 8 heteroatoms. The number of hydrogen-bond donors (Lipinski definition) is 1. The number of methoxy groups -OCH3 is 1. The number of ether oxygens (including phenoxy) is 1. The topological polar surface area (TPSA) is 96.1 Å². The summed E-state index contributed by atoms with van der Waals surface area (Å²) >= 11 is 0. The molecule has 2 amide bonds. The van der Waals surface area contributed by atoms with Crippen LogP contribution in [0.4, 0.5) is 0 Å². The molecule has 1 saturated heterocycles. The number of hydrogen-bond acceptors (Lipinski definition) is 6. The first-order valence-corrected chi connectivity index (χ1v) is 9.29. The van der Waals surface area contributed by atoms with Gasteiger partial charge in [-0.2, -0.15) is 0 Å². The lowest BCUT2D eigenvalue weighted by atomic mass is 10.0. The Morgan fingerprint density at radius 1 is 1.14 bits per heavy atom. The van der Waals surface area contributed by atoms with Gasteiger partial charge in [-0.05, 0) is 37.6 Å². The molecule has 1 aliphatic rings. The van der Waals surface area contributed by atoms with E-state index < -0.39 is 6.10 Å².